The number of carboxylic acid groups (broad SMARTS) is 1. The molecule has 1 saturated carbocycles. The molecule has 0 spiro atoms. The van der Waals surface area contributed by atoms with E-state index in [4.69, 9.17) is 0 Å². The summed E-state index contributed by atoms with van der Waals surface area (Å²) >= 11 is 0. The number of benzene rings is 2. The van der Waals surface area contributed by atoms with Crippen LogP contribution < -0.4 is 16.0 Å². The first kappa shape index (κ1) is 24.3. The Balaban J connectivity index is 1.81. The van der Waals surface area contributed by atoms with Crippen molar-refractivity contribution in [2.75, 3.05) is 10.6 Å². The van der Waals surface area contributed by atoms with Gasteiger partial charge in [-0.05, 0) is 67.9 Å². The predicted octanol–water partition coefficient (Wildman–Crippen LogP) is 5.41. The lowest BCUT2D eigenvalue weighted by Crippen LogP contribution is -2.52. The fourth-order valence-electron chi connectivity index (χ4n) is 4.63. The lowest BCUT2D eigenvalue weighted by Gasteiger charge is -2.38. The standard InChI is InChI=1S/C26H33N3O4/c1-16-11-12-19(23(30)29-22(24(31)32)26(4)13-6-5-7-14-26)20(15-16)27-25(33)28-21-17(2)9-8-10-18(21)3/h8-12,15,22H,5-7,13-14H2,1-4H3,(H,29,30)(H,31,32)(H2,27,28,33)/t22-/m1/s1. The molecule has 0 aliphatic heterocycles. The van der Waals surface area contributed by atoms with Crippen molar-refractivity contribution in [3.63, 3.8) is 0 Å². The number of aliphatic carboxylic acids is 1. The molecule has 176 valence electrons. The van der Waals surface area contributed by atoms with Crippen molar-refractivity contribution >= 4 is 29.3 Å². The molecule has 1 aliphatic rings. The Morgan fingerprint density at radius 2 is 1.58 bits per heavy atom. The van der Waals surface area contributed by atoms with E-state index < -0.39 is 29.4 Å². The van der Waals surface area contributed by atoms with E-state index >= 15 is 0 Å². The SMILES string of the molecule is Cc1ccc(C(=O)N[C@H](C(=O)O)C2(C)CCCCC2)c(NC(=O)Nc2c(C)cccc2C)c1. The number of urea groups is 1. The number of anilines is 2. The van der Waals surface area contributed by atoms with Crippen molar-refractivity contribution in [1.29, 1.82) is 0 Å². The Kier molecular flexibility index (Phi) is 7.41. The van der Waals surface area contributed by atoms with Crippen molar-refractivity contribution < 1.29 is 19.5 Å². The number of rotatable bonds is 6. The molecule has 0 aromatic heterocycles. The molecule has 0 unspecified atom stereocenters. The van der Waals surface area contributed by atoms with Crippen molar-refractivity contribution in [2.24, 2.45) is 5.41 Å². The molecule has 3 amide bonds. The molecule has 1 fully saturated rings. The minimum atomic E-state index is -1.04. The Labute approximate surface area is 195 Å². The summed E-state index contributed by atoms with van der Waals surface area (Å²) in [6.07, 6.45) is 4.48. The Morgan fingerprint density at radius 3 is 2.18 bits per heavy atom. The zero-order valence-corrected chi connectivity index (χ0v) is 19.7. The molecule has 1 atom stereocenters. The summed E-state index contributed by atoms with van der Waals surface area (Å²) in [4.78, 5) is 38.0. The molecule has 0 radical (unpaired) electrons. The van der Waals surface area contributed by atoms with E-state index in [0.29, 0.717) is 11.4 Å². The van der Waals surface area contributed by atoms with Crippen molar-refractivity contribution in [2.45, 2.75) is 65.8 Å². The monoisotopic (exact) mass is 451 g/mol. The van der Waals surface area contributed by atoms with Crippen LogP contribution in [0.15, 0.2) is 36.4 Å². The van der Waals surface area contributed by atoms with E-state index in [-0.39, 0.29) is 5.56 Å². The highest BCUT2D eigenvalue weighted by atomic mass is 16.4. The second-order valence-electron chi connectivity index (χ2n) is 9.35. The van der Waals surface area contributed by atoms with Crippen LogP contribution in [0, 0.1) is 26.2 Å². The van der Waals surface area contributed by atoms with E-state index in [0.717, 1.165) is 48.8 Å². The van der Waals surface area contributed by atoms with Crippen LogP contribution in [0.4, 0.5) is 16.2 Å². The molecular formula is C26H33N3O4. The number of para-hydroxylation sites is 1. The van der Waals surface area contributed by atoms with Gasteiger partial charge in [0.25, 0.3) is 5.91 Å². The fraction of sp³-hybridized carbons (Fsp3) is 0.423. The molecule has 0 heterocycles. The largest absolute Gasteiger partial charge is 0.480 e. The number of carbonyl (C=O) groups excluding carboxylic acids is 2. The van der Waals surface area contributed by atoms with Gasteiger partial charge in [-0.2, -0.15) is 0 Å². The third-order valence-electron chi connectivity index (χ3n) is 6.60. The van der Waals surface area contributed by atoms with Crippen LogP contribution in [-0.2, 0) is 4.79 Å². The normalized spacial score (nSPS) is 15.9. The van der Waals surface area contributed by atoms with Crippen LogP contribution >= 0.6 is 0 Å². The summed E-state index contributed by atoms with van der Waals surface area (Å²) < 4.78 is 0. The summed E-state index contributed by atoms with van der Waals surface area (Å²) in [7, 11) is 0. The van der Waals surface area contributed by atoms with Gasteiger partial charge in [-0.25, -0.2) is 9.59 Å². The zero-order valence-electron chi connectivity index (χ0n) is 19.7. The van der Waals surface area contributed by atoms with Gasteiger partial charge in [0.1, 0.15) is 6.04 Å². The molecule has 7 heteroatoms. The van der Waals surface area contributed by atoms with E-state index in [1.807, 2.05) is 45.9 Å². The lowest BCUT2D eigenvalue weighted by molar-refractivity contribution is -0.143. The van der Waals surface area contributed by atoms with E-state index in [2.05, 4.69) is 16.0 Å². The molecule has 0 saturated heterocycles. The Bertz CT molecular complexity index is 1040. The average molecular weight is 452 g/mol. The van der Waals surface area contributed by atoms with Crippen LogP contribution in [-0.4, -0.2) is 29.1 Å². The highest BCUT2D eigenvalue weighted by Crippen LogP contribution is 2.39. The topological polar surface area (TPSA) is 108 Å². The maximum atomic E-state index is 13.2. The number of carboxylic acids is 1. The number of nitrogens with one attached hydrogen (secondary N) is 3. The highest BCUT2D eigenvalue weighted by Gasteiger charge is 2.41. The first-order valence-corrected chi connectivity index (χ1v) is 11.4. The molecule has 7 nitrogen and oxygen atoms in total. The van der Waals surface area contributed by atoms with Crippen LogP contribution in [0.5, 0.6) is 0 Å². The van der Waals surface area contributed by atoms with Crippen LogP contribution in [0.25, 0.3) is 0 Å². The highest BCUT2D eigenvalue weighted by molar-refractivity contribution is 6.07. The first-order valence-electron chi connectivity index (χ1n) is 11.4. The van der Waals surface area contributed by atoms with Gasteiger partial charge in [0, 0.05) is 5.69 Å². The third kappa shape index (κ3) is 5.72. The minimum Gasteiger partial charge on any atom is -0.480 e. The second-order valence-corrected chi connectivity index (χ2v) is 9.35. The molecule has 1 aliphatic carbocycles. The smallest absolute Gasteiger partial charge is 0.326 e. The molecule has 4 N–H and O–H groups in total. The number of carbonyl (C=O) groups is 3. The molecule has 0 bridgehead atoms. The van der Waals surface area contributed by atoms with Gasteiger partial charge in [-0.1, -0.05) is 50.5 Å². The van der Waals surface area contributed by atoms with Gasteiger partial charge in [0.05, 0.1) is 11.3 Å². The number of hydrogen-bond donors (Lipinski definition) is 4. The fourth-order valence-corrected chi connectivity index (χ4v) is 4.63. The predicted molar refractivity (Wildman–Crippen MR) is 130 cm³/mol. The third-order valence-corrected chi connectivity index (χ3v) is 6.60. The average Bonchev–Trinajstić information content (AvgIpc) is 2.75. The molecule has 33 heavy (non-hydrogen) atoms. The number of amides is 3. The van der Waals surface area contributed by atoms with Crippen LogP contribution in [0.2, 0.25) is 0 Å². The van der Waals surface area contributed by atoms with Crippen molar-refractivity contribution in [3.8, 4) is 0 Å². The summed E-state index contributed by atoms with van der Waals surface area (Å²) in [5.74, 6) is -1.56. The van der Waals surface area contributed by atoms with Gasteiger partial charge in [-0.15, -0.1) is 0 Å². The van der Waals surface area contributed by atoms with E-state index in [1.165, 1.54) is 0 Å². The van der Waals surface area contributed by atoms with Gasteiger partial charge in [-0.3, -0.25) is 4.79 Å². The molecule has 3 rings (SSSR count). The quantitative estimate of drug-likeness (QED) is 0.471. The summed E-state index contributed by atoms with van der Waals surface area (Å²) in [6, 6.07) is 9.35. The first-order chi connectivity index (χ1) is 15.6. The van der Waals surface area contributed by atoms with Gasteiger partial charge < -0.3 is 21.1 Å². The zero-order chi connectivity index (χ0) is 24.2. The second kappa shape index (κ2) is 10.1. The summed E-state index contributed by atoms with van der Waals surface area (Å²) in [6.45, 7) is 7.61. The lowest BCUT2D eigenvalue weighted by atomic mass is 9.70. The molecule has 2 aromatic carbocycles. The Hall–Kier alpha value is -3.35. The van der Waals surface area contributed by atoms with Crippen molar-refractivity contribution in [1.82, 2.24) is 5.32 Å². The summed E-state index contributed by atoms with van der Waals surface area (Å²) in [5.41, 5.74) is 3.48. The Morgan fingerprint density at radius 1 is 0.939 bits per heavy atom. The maximum absolute atomic E-state index is 13.2. The van der Waals surface area contributed by atoms with E-state index in [9.17, 15) is 19.5 Å². The van der Waals surface area contributed by atoms with Gasteiger partial charge in [0.2, 0.25) is 0 Å². The van der Waals surface area contributed by atoms with Gasteiger partial charge >= 0.3 is 12.0 Å². The molecular weight excluding hydrogens is 418 g/mol. The van der Waals surface area contributed by atoms with Crippen molar-refractivity contribution in [3.05, 3.63) is 58.7 Å². The molecule has 2 aromatic rings. The van der Waals surface area contributed by atoms with E-state index in [1.54, 1.807) is 18.2 Å². The van der Waals surface area contributed by atoms with Gasteiger partial charge in [0.15, 0.2) is 0 Å². The number of aryl methyl sites for hydroxylation is 3. The number of hydrogen-bond acceptors (Lipinski definition) is 3. The van der Waals surface area contributed by atoms with Crippen LogP contribution in [0.1, 0.15) is 66.1 Å². The van der Waals surface area contributed by atoms with Crippen LogP contribution in [0.3, 0.4) is 0 Å². The maximum Gasteiger partial charge on any atom is 0.326 e. The summed E-state index contributed by atoms with van der Waals surface area (Å²) in [5, 5.41) is 18.2. The minimum absolute atomic E-state index is 0.225.